The largest absolute Gasteiger partial charge is 0.347 e. The minimum absolute atomic E-state index is 0.0610. The van der Waals surface area contributed by atoms with Crippen LogP contribution in [0.4, 0.5) is 11.4 Å². The molecule has 1 heterocycles. The van der Waals surface area contributed by atoms with Crippen molar-refractivity contribution in [2.75, 3.05) is 11.9 Å². The molecule has 1 fully saturated rings. The summed E-state index contributed by atoms with van der Waals surface area (Å²) in [5.74, 6) is -1.47. The van der Waals surface area contributed by atoms with Gasteiger partial charge in [-0.2, -0.15) is 0 Å². The van der Waals surface area contributed by atoms with Gasteiger partial charge in [-0.1, -0.05) is 18.9 Å². The van der Waals surface area contributed by atoms with E-state index in [1.54, 1.807) is 18.3 Å². The van der Waals surface area contributed by atoms with E-state index >= 15 is 0 Å². The number of nitrogens with zero attached hydrogens (tertiary/aromatic N) is 1. The number of hydrogen-bond acceptors (Lipinski definition) is 5. The summed E-state index contributed by atoms with van der Waals surface area (Å²) in [6.07, 6.45) is 4.22. The van der Waals surface area contributed by atoms with Gasteiger partial charge in [0.15, 0.2) is 0 Å². The first kappa shape index (κ1) is 19.0. The Hall–Kier alpha value is -2.74. The molecule has 0 atom stereocenters. The second kappa shape index (κ2) is 7.87. The second-order valence-corrected chi connectivity index (χ2v) is 7.81. The summed E-state index contributed by atoms with van der Waals surface area (Å²) < 4.78 is 0. The molecule has 2 N–H and O–H groups in total. The van der Waals surface area contributed by atoms with Gasteiger partial charge in [-0.15, -0.1) is 11.3 Å². The standard InChI is InChI=1S/C19H21N3O4S/c1-13-11-14(22(25)26)6-7-15(13)21-18(24)17(23)20-12-19(8-2-3-9-19)16-5-4-10-27-16/h4-7,10-11H,2-3,8-9,12H2,1H3,(H,20,23)(H,21,24). The number of non-ortho nitro benzene ring substituents is 1. The highest BCUT2D eigenvalue weighted by molar-refractivity contribution is 7.10. The minimum atomic E-state index is -0.772. The van der Waals surface area contributed by atoms with E-state index in [2.05, 4.69) is 16.7 Å². The molecule has 0 saturated heterocycles. The van der Waals surface area contributed by atoms with Crippen molar-refractivity contribution in [3.63, 3.8) is 0 Å². The fourth-order valence-corrected chi connectivity index (χ4v) is 4.54. The number of carbonyl (C=O) groups is 2. The van der Waals surface area contributed by atoms with Gasteiger partial charge in [0.25, 0.3) is 5.69 Å². The van der Waals surface area contributed by atoms with Crippen LogP contribution in [-0.2, 0) is 15.0 Å². The van der Waals surface area contributed by atoms with Crippen LogP contribution in [0.3, 0.4) is 0 Å². The van der Waals surface area contributed by atoms with Crippen LogP contribution in [0.15, 0.2) is 35.7 Å². The van der Waals surface area contributed by atoms with Gasteiger partial charge in [-0.25, -0.2) is 0 Å². The molecule has 1 aromatic carbocycles. The van der Waals surface area contributed by atoms with E-state index < -0.39 is 16.7 Å². The third kappa shape index (κ3) is 4.16. The molecule has 7 nitrogen and oxygen atoms in total. The molecule has 3 rings (SSSR count). The molecule has 1 aliphatic rings. The zero-order valence-corrected chi connectivity index (χ0v) is 15.8. The van der Waals surface area contributed by atoms with Crippen molar-refractivity contribution in [1.82, 2.24) is 5.32 Å². The topological polar surface area (TPSA) is 101 Å². The van der Waals surface area contributed by atoms with E-state index in [0.717, 1.165) is 25.7 Å². The average molecular weight is 387 g/mol. The Morgan fingerprint density at radius 3 is 2.56 bits per heavy atom. The predicted molar refractivity (Wildman–Crippen MR) is 104 cm³/mol. The molecule has 1 saturated carbocycles. The smallest absolute Gasteiger partial charge is 0.313 e. The number of benzene rings is 1. The van der Waals surface area contributed by atoms with E-state index in [4.69, 9.17) is 0 Å². The number of nitrogens with one attached hydrogen (secondary N) is 2. The molecule has 0 unspecified atom stereocenters. The van der Waals surface area contributed by atoms with Crippen LogP contribution < -0.4 is 10.6 Å². The Balaban J connectivity index is 1.63. The van der Waals surface area contributed by atoms with Gasteiger partial charge in [0.2, 0.25) is 0 Å². The van der Waals surface area contributed by atoms with Crippen LogP contribution in [0.1, 0.15) is 36.1 Å². The molecule has 142 valence electrons. The summed E-state index contributed by atoms with van der Waals surface area (Å²) in [4.78, 5) is 36.0. The van der Waals surface area contributed by atoms with Crippen molar-refractivity contribution in [2.24, 2.45) is 0 Å². The molecule has 1 aliphatic carbocycles. The minimum Gasteiger partial charge on any atom is -0.347 e. The summed E-state index contributed by atoms with van der Waals surface area (Å²) in [5.41, 5.74) is 0.757. The fraction of sp³-hybridized carbons (Fsp3) is 0.368. The maximum absolute atomic E-state index is 12.3. The Bertz CT molecular complexity index is 858. The third-order valence-corrected chi connectivity index (χ3v) is 6.18. The van der Waals surface area contributed by atoms with Crippen LogP contribution in [0.25, 0.3) is 0 Å². The fourth-order valence-electron chi connectivity index (χ4n) is 3.55. The molecule has 2 amide bonds. The summed E-state index contributed by atoms with van der Waals surface area (Å²) in [7, 11) is 0. The van der Waals surface area contributed by atoms with Crippen LogP contribution in [0.5, 0.6) is 0 Å². The molecule has 0 radical (unpaired) electrons. The normalized spacial score (nSPS) is 15.3. The van der Waals surface area contributed by atoms with Crippen molar-refractivity contribution in [3.05, 3.63) is 56.3 Å². The van der Waals surface area contributed by atoms with Gasteiger partial charge in [0.05, 0.1) is 4.92 Å². The van der Waals surface area contributed by atoms with E-state index in [0.29, 0.717) is 17.8 Å². The molecular weight excluding hydrogens is 366 g/mol. The quantitative estimate of drug-likeness (QED) is 0.465. The number of nitro benzene ring substituents is 1. The van der Waals surface area contributed by atoms with Crippen molar-refractivity contribution in [1.29, 1.82) is 0 Å². The lowest BCUT2D eigenvalue weighted by atomic mass is 9.84. The van der Waals surface area contributed by atoms with Crippen LogP contribution in [0, 0.1) is 17.0 Å². The number of rotatable bonds is 5. The first-order chi connectivity index (χ1) is 12.9. The van der Waals surface area contributed by atoms with Gasteiger partial charge in [0, 0.05) is 34.7 Å². The number of thiophene rings is 1. The summed E-state index contributed by atoms with van der Waals surface area (Å²) in [6, 6.07) is 8.18. The van der Waals surface area contributed by atoms with E-state index in [9.17, 15) is 19.7 Å². The molecule has 0 bridgehead atoms. The Kier molecular flexibility index (Phi) is 5.55. The van der Waals surface area contributed by atoms with E-state index in [1.807, 2.05) is 11.4 Å². The van der Waals surface area contributed by atoms with Gasteiger partial charge in [0.1, 0.15) is 0 Å². The Morgan fingerprint density at radius 2 is 1.96 bits per heavy atom. The lowest BCUT2D eigenvalue weighted by molar-refractivity contribution is -0.384. The summed E-state index contributed by atoms with van der Waals surface area (Å²) in [6.45, 7) is 2.07. The predicted octanol–water partition coefficient (Wildman–Crippen LogP) is 3.53. The van der Waals surface area contributed by atoms with E-state index in [-0.39, 0.29) is 11.1 Å². The van der Waals surface area contributed by atoms with Gasteiger partial charge < -0.3 is 10.6 Å². The van der Waals surface area contributed by atoms with Crippen molar-refractivity contribution in [2.45, 2.75) is 38.0 Å². The van der Waals surface area contributed by atoms with Crippen LogP contribution in [-0.4, -0.2) is 23.3 Å². The molecule has 0 aliphatic heterocycles. The second-order valence-electron chi connectivity index (χ2n) is 6.86. The van der Waals surface area contributed by atoms with Crippen molar-refractivity contribution >= 4 is 34.5 Å². The zero-order valence-electron chi connectivity index (χ0n) is 15.0. The van der Waals surface area contributed by atoms with Gasteiger partial charge in [-0.05, 0) is 42.8 Å². The molecule has 27 heavy (non-hydrogen) atoms. The lowest BCUT2D eigenvalue weighted by Gasteiger charge is -2.28. The number of aryl methyl sites for hydroxylation is 1. The lowest BCUT2D eigenvalue weighted by Crippen LogP contribution is -2.43. The molecular formula is C19H21N3O4S. The van der Waals surface area contributed by atoms with Crippen molar-refractivity contribution < 1.29 is 14.5 Å². The maximum atomic E-state index is 12.3. The van der Waals surface area contributed by atoms with E-state index in [1.165, 1.54) is 23.1 Å². The highest BCUT2D eigenvalue weighted by Crippen LogP contribution is 2.42. The SMILES string of the molecule is Cc1cc([N+](=O)[O-])ccc1NC(=O)C(=O)NCC1(c2cccs2)CCCC1. The first-order valence-electron chi connectivity index (χ1n) is 8.79. The summed E-state index contributed by atoms with van der Waals surface area (Å²) >= 11 is 1.68. The first-order valence-corrected chi connectivity index (χ1v) is 9.67. The molecule has 0 spiro atoms. The molecule has 2 aromatic rings. The number of nitro groups is 1. The number of carbonyl (C=O) groups excluding carboxylic acids is 2. The molecule has 1 aromatic heterocycles. The van der Waals surface area contributed by atoms with Crippen LogP contribution >= 0.6 is 11.3 Å². The zero-order chi connectivity index (χ0) is 19.4. The van der Waals surface area contributed by atoms with Crippen LogP contribution in [0.2, 0.25) is 0 Å². The van der Waals surface area contributed by atoms with Gasteiger partial charge >= 0.3 is 11.8 Å². The summed E-state index contributed by atoms with van der Waals surface area (Å²) in [5, 5.41) is 18.1. The Morgan fingerprint density at radius 1 is 1.22 bits per heavy atom. The third-order valence-electron chi connectivity index (χ3n) is 5.07. The number of anilines is 1. The number of hydrogen-bond donors (Lipinski definition) is 2. The highest BCUT2D eigenvalue weighted by atomic mass is 32.1. The maximum Gasteiger partial charge on any atom is 0.313 e. The Labute approximate surface area is 160 Å². The van der Waals surface area contributed by atoms with Crippen molar-refractivity contribution in [3.8, 4) is 0 Å². The van der Waals surface area contributed by atoms with Gasteiger partial charge in [-0.3, -0.25) is 19.7 Å². The average Bonchev–Trinajstić information content (AvgIpc) is 3.33. The number of amides is 2. The molecule has 8 heteroatoms. The highest BCUT2D eigenvalue weighted by Gasteiger charge is 2.37. The monoisotopic (exact) mass is 387 g/mol.